The van der Waals surface area contributed by atoms with E-state index in [1.54, 1.807) is 60.0 Å². The predicted octanol–water partition coefficient (Wildman–Crippen LogP) is 4.62. The van der Waals surface area contributed by atoms with Crippen LogP contribution in [-0.2, 0) is 22.7 Å². The van der Waals surface area contributed by atoms with E-state index in [-0.39, 0.29) is 17.4 Å². The molecule has 10 heteroatoms. The minimum Gasteiger partial charge on any atom is -0.493 e. The summed E-state index contributed by atoms with van der Waals surface area (Å²) in [4.78, 5) is 48.9. The molecular formula is C33H39N5O5. The van der Waals surface area contributed by atoms with Crippen molar-refractivity contribution in [1.29, 1.82) is 0 Å². The van der Waals surface area contributed by atoms with E-state index < -0.39 is 5.41 Å². The molecule has 1 aromatic carbocycles. The second kappa shape index (κ2) is 12.4. The zero-order valence-electron chi connectivity index (χ0n) is 25.5. The van der Waals surface area contributed by atoms with Gasteiger partial charge < -0.3 is 23.5 Å². The van der Waals surface area contributed by atoms with E-state index in [0.717, 1.165) is 24.1 Å². The lowest BCUT2D eigenvalue weighted by atomic mass is 9.90. The molecule has 10 nitrogen and oxygen atoms in total. The van der Waals surface area contributed by atoms with Crippen LogP contribution in [0.15, 0.2) is 70.5 Å². The molecule has 0 unspecified atom stereocenters. The fourth-order valence-corrected chi connectivity index (χ4v) is 5.67. The average molecular weight is 586 g/mol. The van der Waals surface area contributed by atoms with Crippen LogP contribution in [0, 0.1) is 12.3 Å². The first-order valence-corrected chi connectivity index (χ1v) is 14.7. The lowest BCUT2D eigenvalue weighted by Crippen LogP contribution is -2.47. The molecule has 0 fully saturated rings. The maximum atomic E-state index is 13.2. The number of carbonyl (C=O) groups excluding carboxylic acids is 2. The van der Waals surface area contributed by atoms with Gasteiger partial charge in [-0.25, -0.2) is 0 Å². The van der Waals surface area contributed by atoms with Crippen molar-refractivity contribution in [2.75, 3.05) is 43.1 Å². The number of hydrogen-bond donors (Lipinski definition) is 0. The van der Waals surface area contributed by atoms with Crippen LogP contribution in [0.4, 0.5) is 11.4 Å². The molecule has 1 aliphatic heterocycles. The number of ether oxygens (including phenoxy) is 1. The van der Waals surface area contributed by atoms with Crippen molar-refractivity contribution >= 4 is 34.2 Å². The van der Waals surface area contributed by atoms with E-state index in [1.165, 1.54) is 0 Å². The van der Waals surface area contributed by atoms with Gasteiger partial charge in [-0.05, 0) is 70.0 Å². The summed E-state index contributed by atoms with van der Waals surface area (Å²) in [7, 11) is 1.70. The molecule has 0 spiro atoms. The molecule has 1 aliphatic rings. The van der Waals surface area contributed by atoms with Crippen molar-refractivity contribution in [1.82, 2.24) is 14.5 Å². The van der Waals surface area contributed by atoms with Crippen molar-refractivity contribution in [3.8, 4) is 5.75 Å². The number of amides is 2. The Bertz CT molecular complexity index is 1680. The number of benzene rings is 1. The Kier molecular flexibility index (Phi) is 8.68. The number of fused-ring (bicyclic) bond motifs is 2. The van der Waals surface area contributed by atoms with Crippen LogP contribution in [0.3, 0.4) is 0 Å². The van der Waals surface area contributed by atoms with Crippen LogP contribution >= 0.6 is 0 Å². The molecular weight excluding hydrogens is 546 g/mol. The first-order valence-electron chi connectivity index (χ1n) is 14.7. The number of furan rings is 1. The van der Waals surface area contributed by atoms with Gasteiger partial charge >= 0.3 is 0 Å². The maximum absolute atomic E-state index is 13.2. The minimum absolute atomic E-state index is 0.0556. The Hall–Kier alpha value is -4.44. The molecule has 0 N–H and O–H groups in total. The van der Waals surface area contributed by atoms with E-state index in [1.807, 2.05) is 50.4 Å². The van der Waals surface area contributed by atoms with E-state index in [4.69, 9.17) is 9.15 Å². The van der Waals surface area contributed by atoms with Gasteiger partial charge in [0.15, 0.2) is 0 Å². The molecule has 0 aliphatic carbocycles. The Morgan fingerprint density at radius 1 is 1.00 bits per heavy atom. The van der Waals surface area contributed by atoms with Crippen LogP contribution in [0.1, 0.15) is 38.3 Å². The number of nitrogens with zero attached hydrogens (tertiary/aromatic N) is 5. The second-order valence-corrected chi connectivity index (χ2v) is 11.5. The number of anilines is 2. The highest BCUT2D eigenvalue weighted by Gasteiger charge is 2.45. The van der Waals surface area contributed by atoms with Crippen molar-refractivity contribution in [2.45, 2.75) is 47.2 Å². The van der Waals surface area contributed by atoms with Crippen LogP contribution < -0.4 is 20.1 Å². The zero-order chi connectivity index (χ0) is 30.7. The molecule has 2 amide bonds. The van der Waals surface area contributed by atoms with E-state index >= 15 is 0 Å². The van der Waals surface area contributed by atoms with Crippen molar-refractivity contribution in [2.24, 2.45) is 5.41 Å². The van der Waals surface area contributed by atoms with Gasteiger partial charge in [0.05, 0.1) is 29.6 Å². The number of rotatable bonds is 11. The first-order chi connectivity index (χ1) is 20.6. The zero-order valence-corrected chi connectivity index (χ0v) is 25.5. The third-order valence-electron chi connectivity index (χ3n) is 8.10. The highest BCUT2D eigenvalue weighted by Crippen LogP contribution is 2.40. The third-order valence-corrected chi connectivity index (χ3v) is 8.10. The minimum atomic E-state index is -1.16. The molecule has 4 aromatic rings. The number of aryl methyl sites for hydroxylation is 1. The quantitative estimate of drug-likeness (QED) is 0.187. The Morgan fingerprint density at radius 2 is 1.77 bits per heavy atom. The topological polar surface area (TPSA) is 101 Å². The summed E-state index contributed by atoms with van der Waals surface area (Å²) in [5.41, 5.74) is 2.84. The molecule has 43 heavy (non-hydrogen) atoms. The predicted molar refractivity (Wildman–Crippen MR) is 166 cm³/mol. The summed E-state index contributed by atoms with van der Waals surface area (Å²) >= 11 is 0. The van der Waals surface area contributed by atoms with Gasteiger partial charge in [0, 0.05) is 70.0 Å². The molecule has 4 heterocycles. The second-order valence-electron chi connectivity index (χ2n) is 11.5. The summed E-state index contributed by atoms with van der Waals surface area (Å²) in [6, 6.07) is 11.2. The number of pyridine rings is 2. The summed E-state index contributed by atoms with van der Waals surface area (Å²) < 4.78 is 13.4. The Morgan fingerprint density at radius 3 is 2.51 bits per heavy atom. The number of aromatic nitrogens is 2. The van der Waals surface area contributed by atoms with E-state index in [0.29, 0.717) is 60.9 Å². The van der Waals surface area contributed by atoms with Crippen molar-refractivity contribution in [3.63, 3.8) is 0 Å². The SMILES string of the molecule is CCN1C(=O)C(C)(C)C(=O)N(C)c2cc(OCCCN(CCn3cc(C)c4occc4c3=O)Cc3ccncc3)ccc21. The van der Waals surface area contributed by atoms with E-state index in [2.05, 4.69) is 9.88 Å². The van der Waals surface area contributed by atoms with Crippen LogP contribution in [0.25, 0.3) is 11.0 Å². The maximum Gasteiger partial charge on any atom is 0.261 e. The van der Waals surface area contributed by atoms with Gasteiger partial charge in [0.25, 0.3) is 5.56 Å². The smallest absolute Gasteiger partial charge is 0.261 e. The van der Waals surface area contributed by atoms with Crippen molar-refractivity contribution in [3.05, 3.63) is 82.7 Å². The number of carbonyl (C=O) groups is 2. The molecule has 0 saturated carbocycles. The summed E-state index contributed by atoms with van der Waals surface area (Å²) in [5.74, 6) is 0.174. The summed E-state index contributed by atoms with van der Waals surface area (Å²) in [6.45, 7) is 10.8. The van der Waals surface area contributed by atoms with Gasteiger partial charge in [0.1, 0.15) is 16.7 Å². The molecule has 0 bridgehead atoms. The standard InChI is InChI=1S/C33H39N5O5/c1-6-38-27-9-8-25(20-28(27)35(5)31(40)33(3,4)32(38)41)42-18-7-15-36(22-24-10-13-34-14-11-24)16-17-37-21-23(2)29-26(30(37)39)12-19-43-29/h8-14,19-21H,6-7,15-18,22H2,1-5H3. The molecule has 0 atom stereocenters. The monoisotopic (exact) mass is 585 g/mol. The van der Waals surface area contributed by atoms with Gasteiger partial charge in [-0.3, -0.25) is 24.3 Å². The van der Waals surface area contributed by atoms with Crippen LogP contribution in [-0.4, -0.2) is 59.6 Å². The van der Waals surface area contributed by atoms with Gasteiger partial charge in [-0.1, -0.05) is 0 Å². The summed E-state index contributed by atoms with van der Waals surface area (Å²) in [5, 5.41) is 0.595. The lowest BCUT2D eigenvalue weighted by molar-refractivity contribution is -0.137. The highest BCUT2D eigenvalue weighted by atomic mass is 16.5. The highest BCUT2D eigenvalue weighted by molar-refractivity contribution is 6.20. The molecule has 3 aromatic heterocycles. The van der Waals surface area contributed by atoms with Gasteiger partial charge in [-0.15, -0.1) is 0 Å². The Labute approximate surface area is 251 Å². The Balaban J connectivity index is 1.26. The lowest BCUT2D eigenvalue weighted by Gasteiger charge is -2.27. The number of hydrogen-bond acceptors (Lipinski definition) is 7. The largest absolute Gasteiger partial charge is 0.493 e. The van der Waals surface area contributed by atoms with E-state index in [9.17, 15) is 14.4 Å². The van der Waals surface area contributed by atoms with Crippen LogP contribution in [0.2, 0.25) is 0 Å². The molecule has 226 valence electrons. The first kappa shape index (κ1) is 30.0. The average Bonchev–Trinajstić information content (AvgIpc) is 3.50. The molecule has 5 rings (SSSR count). The third kappa shape index (κ3) is 6.06. The van der Waals surface area contributed by atoms with Crippen LogP contribution in [0.5, 0.6) is 5.75 Å². The summed E-state index contributed by atoms with van der Waals surface area (Å²) in [6.07, 6.45) is 7.73. The fourth-order valence-electron chi connectivity index (χ4n) is 5.67. The fraction of sp³-hybridized carbons (Fsp3) is 0.394. The normalized spacial score (nSPS) is 14.8. The molecule has 0 radical (unpaired) electrons. The van der Waals surface area contributed by atoms with Gasteiger partial charge in [0.2, 0.25) is 11.8 Å². The molecule has 0 saturated heterocycles. The van der Waals surface area contributed by atoms with Crippen molar-refractivity contribution < 1.29 is 18.7 Å². The van der Waals surface area contributed by atoms with Gasteiger partial charge in [-0.2, -0.15) is 0 Å².